The van der Waals surface area contributed by atoms with E-state index in [2.05, 4.69) is 12.2 Å². The van der Waals surface area contributed by atoms with Gasteiger partial charge in [0, 0.05) is 19.3 Å². The zero-order chi connectivity index (χ0) is 10.3. The monoisotopic (exact) mass is 184 g/mol. The molecule has 3 nitrogen and oxygen atoms in total. The number of allylic oxidation sites excluding steroid dienone is 1. The highest BCUT2D eigenvalue weighted by molar-refractivity contribution is 5.75. The molecule has 0 fully saturated rings. The Labute approximate surface area is 80.8 Å². The van der Waals surface area contributed by atoms with Crippen LogP contribution in [0.3, 0.4) is 0 Å². The number of rotatable bonds is 4. The fraction of sp³-hybridized carbons (Fsp3) is 0.700. The van der Waals surface area contributed by atoms with E-state index < -0.39 is 0 Å². The minimum Gasteiger partial charge on any atom is -0.325 e. The molecule has 0 rings (SSSR count). The summed E-state index contributed by atoms with van der Waals surface area (Å²) in [6, 6.07) is -0.0159. The van der Waals surface area contributed by atoms with Crippen LogP contribution in [0.1, 0.15) is 34.1 Å². The normalized spacial score (nSPS) is 11.2. The van der Waals surface area contributed by atoms with E-state index in [-0.39, 0.29) is 6.03 Å². The molecule has 0 atom stereocenters. The van der Waals surface area contributed by atoms with Crippen molar-refractivity contribution in [3.8, 4) is 0 Å². The number of carbonyl (C=O) groups is 1. The van der Waals surface area contributed by atoms with E-state index in [1.807, 2.05) is 20.8 Å². The Balaban J connectivity index is 3.99. The van der Waals surface area contributed by atoms with Gasteiger partial charge in [-0.1, -0.05) is 12.5 Å². The van der Waals surface area contributed by atoms with Crippen molar-refractivity contribution in [3.05, 3.63) is 11.8 Å². The minimum atomic E-state index is -0.0159. The van der Waals surface area contributed by atoms with Gasteiger partial charge in [0.2, 0.25) is 0 Å². The Hall–Kier alpha value is -0.990. The molecule has 0 aliphatic carbocycles. The van der Waals surface area contributed by atoms with Gasteiger partial charge in [0.15, 0.2) is 0 Å². The highest BCUT2D eigenvalue weighted by atomic mass is 16.2. The Bertz CT molecular complexity index is 183. The molecule has 2 amide bonds. The number of nitrogens with zero attached hydrogens (tertiary/aromatic N) is 1. The van der Waals surface area contributed by atoms with Gasteiger partial charge >= 0.3 is 6.03 Å². The van der Waals surface area contributed by atoms with Crippen LogP contribution >= 0.6 is 0 Å². The van der Waals surface area contributed by atoms with E-state index in [0.29, 0.717) is 0 Å². The first-order valence-corrected chi connectivity index (χ1v) is 4.86. The third-order valence-corrected chi connectivity index (χ3v) is 2.05. The van der Waals surface area contributed by atoms with E-state index in [0.717, 1.165) is 19.5 Å². The van der Waals surface area contributed by atoms with Gasteiger partial charge < -0.3 is 10.2 Å². The molecule has 76 valence electrons. The van der Waals surface area contributed by atoms with Crippen molar-refractivity contribution >= 4 is 6.03 Å². The molecule has 0 bridgehead atoms. The Kier molecular flexibility index (Phi) is 6.02. The summed E-state index contributed by atoms with van der Waals surface area (Å²) in [5, 5.41) is 2.76. The maximum Gasteiger partial charge on any atom is 0.321 e. The molecule has 0 radical (unpaired) electrons. The zero-order valence-electron chi connectivity index (χ0n) is 9.05. The summed E-state index contributed by atoms with van der Waals surface area (Å²) < 4.78 is 0. The summed E-state index contributed by atoms with van der Waals surface area (Å²) in [4.78, 5) is 13.1. The second kappa shape index (κ2) is 6.52. The molecule has 0 unspecified atom stereocenters. The van der Waals surface area contributed by atoms with E-state index in [1.54, 1.807) is 11.1 Å². The number of hydrogen-bond donors (Lipinski definition) is 1. The molecule has 0 aliphatic rings. The van der Waals surface area contributed by atoms with Crippen molar-refractivity contribution < 1.29 is 4.79 Å². The maximum absolute atomic E-state index is 11.4. The lowest BCUT2D eigenvalue weighted by Crippen LogP contribution is -2.37. The summed E-state index contributed by atoms with van der Waals surface area (Å²) >= 11 is 0. The Morgan fingerprint density at radius 1 is 1.31 bits per heavy atom. The summed E-state index contributed by atoms with van der Waals surface area (Å²) in [6.07, 6.45) is 2.75. The average Bonchev–Trinajstić information content (AvgIpc) is 2.16. The van der Waals surface area contributed by atoms with Crippen LogP contribution in [-0.4, -0.2) is 24.0 Å². The van der Waals surface area contributed by atoms with Gasteiger partial charge in [-0.15, -0.1) is 0 Å². The van der Waals surface area contributed by atoms with Crippen molar-refractivity contribution in [3.63, 3.8) is 0 Å². The van der Waals surface area contributed by atoms with Crippen LogP contribution in [0.25, 0.3) is 0 Å². The minimum absolute atomic E-state index is 0.0159. The Morgan fingerprint density at radius 2 is 1.85 bits per heavy atom. The lowest BCUT2D eigenvalue weighted by atomic mass is 10.3. The van der Waals surface area contributed by atoms with E-state index >= 15 is 0 Å². The molecule has 13 heavy (non-hydrogen) atoms. The van der Waals surface area contributed by atoms with Gasteiger partial charge in [-0.2, -0.15) is 0 Å². The Morgan fingerprint density at radius 3 is 2.23 bits per heavy atom. The fourth-order valence-corrected chi connectivity index (χ4v) is 0.889. The molecule has 0 aromatic carbocycles. The highest BCUT2D eigenvalue weighted by Gasteiger charge is 2.05. The largest absolute Gasteiger partial charge is 0.325 e. The maximum atomic E-state index is 11.4. The molecular formula is C10H20N2O. The molecule has 0 saturated heterocycles. The third kappa shape index (κ3) is 4.55. The van der Waals surface area contributed by atoms with Crippen molar-refractivity contribution in [2.24, 2.45) is 0 Å². The van der Waals surface area contributed by atoms with Crippen LogP contribution < -0.4 is 5.32 Å². The predicted octanol–water partition coefficient (Wildman–Crippen LogP) is 2.35. The summed E-state index contributed by atoms with van der Waals surface area (Å²) in [5.41, 5.74) is 1.18. The number of urea groups is 1. The smallest absolute Gasteiger partial charge is 0.321 e. The SMILES string of the molecule is CC/C(C)=C/NC(=O)N(CC)CC. The molecule has 1 N–H and O–H groups in total. The van der Waals surface area contributed by atoms with E-state index in [1.165, 1.54) is 5.57 Å². The molecule has 0 saturated carbocycles. The average molecular weight is 184 g/mol. The van der Waals surface area contributed by atoms with Crippen molar-refractivity contribution in [1.29, 1.82) is 0 Å². The number of amides is 2. The molecule has 3 heteroatoms. The zero-order valence-corrected chi connectivity index (χ0v) is 9.05. The van der Waals surface area contributed by atoms with Crippen molar-refractivity contribution in [2.75, 3.05) is 13.1 Å². The number of carbonyl (C=O) groups excluding carboxylic acids is 1. The standard InChI is InChI=1S/C10H20N2O/c1-5-9(4)8-11-10(13)12(6-2)7-3/h8H,5-7H2,1-4H3,(H,11,13)/b9-8+. The number of hydrogen-bond acceptors (Lipinski definition) is 1. The second-order valence-corrected chi connectivity index (χ2v) is 2.97. The van der Waals surface area contributed by atoms with Gasteiger partial charge in [-0.05, 0) is 27.2 Å². The molecule has 0 heterocycles. The van der Waals surface area contributed by atoms with Crippen LogP contribution in [-0.2, 0) is 0 Å². The van der Waals surface area contributed by atoms with Gasteiger partial charge in [0.1, 0.15) is 0 Å². The van der Waals surface area contributed by atoms with Gasteiger partial charge in [0.05, 0.1) is 0 Å². The van der Waals surface area contributed by atoms with Crippen LogP contribution in [0.4, 0.5) is 4.79 Å². The third-order valence-electron chi connectivity index (χ3n) is 2.05. The molecular weight excluding hydrogens is 164 g/mol. The fourth-order valence-electron chi connectivity index (χ4n) is 0.889. The topological polar surface area (TPSA) is 32.3 Å². The summed E-state index contributed by atoms with van der Waals surface area (Å²) in [5.74, 6) is 0. The number of nitrogens with one attached hydrogen (secondary N) is 1. The molecule has 0 aromatic rings. The quantitative estimate of drug-likeness (QED) is 0.714. The molecule has 0 aromatic heterocycles. The van der Waals surface area contributed by atoms with Gasteiger partial charge in [-0.3, -0.25) is 0 Å². The highest BCUT2D eigenvalue weighted by Crippen LogP contribution is 1.95. The predicted molar refractivity (Wildman–Crippen MR) is 55.5 cm³/mol. The van der Waals surface area contributed by atoms with E-state index in [9.17, 15) is 4.79 Å². The first-order chi connectivity index (χ1) is 6.15. The molecule has 0 aliphatic heterocycles. The summed E-state index contributed by atoms with van der Waals surface area (Å²) in [7, 11) is 0. The van der Waals surface area contributed by atoms with Crippen molar-refractivity contribution in [1.82, 2.24) is 10.2 Å². The van der Waals surface area contributed by atoms with E-state index in [4.69, 9.17) is 0 Å². The van der Waals surface area contributed by atoms with Crippen molar-refractivity contribution in [2.45, 2.75) is 34.1 Å². The second-order valence-electron chi connectivity index (χ2n) is 2.97. The van der Waals surface area contributed by atoms with Crippen LogP contribution in [0.2, 0.25) is 0 Å². The first kappa shape index (κ1) is 12.0. The van der Waals surface area contributed by atoms with Crippen LogP contribution in [0.5, 0.6) is 0 Å². The molecule has 0 spiro atoms. The lowest BCUT2D eigenvalue weighted by Gasteiger charge is -2.17. The van der Waals surface area contributed by atoms with Crippen LogP contribution in [0.15, 0.2) is 11.8 Å². The van der Waals surface area contributed by atoms with Gasteiger partial charge in [0.25, 0.3) is 0 Å². The van der Waals surface area contributed by atoms with Crippen LogP contribution in [0, 0.1) is 0 Å². The first-order valence-electron chi connectivity index (χ1n) is 4.86. The lowest BCUT2D eigenvalue weighted by molar-refractivity contribution is 0.207. The summed E-state index contributed by atoms with van der Waals surface area (Å²) in [6.45, 7) is 9.51. The van der Waals surface area contributed by atoms with Gasteiger partial charge in [-0.25, -0.2) is 4.79 Å².